The van der Waals surface area contributed by atoms with E-state index in [1.165, 1.54) is 11.8 Å². The minimum absolute atomic E-state index is 0.116. The molecule has 2 heterocycles. The quantitative estimate of drug-likeness (QED) is 0.597. The standard InChI is InChI=1S/C14H15N3O5S/c1-19-5-4-15-12(18)7-23-14-17-16-13(22-14)9-2-3-10-11(6-9)21-8-20-10/h2-3,6H,4-5,7-8H2,1H3,(H,15,18). The lowest BCUT2D eigenvalue weighted by molar-refractivity contribution is -0.118. The summed E-state index contributed by atoms with van der Waals surface area (Å²) in [5.74, 6) is 1.79. The normalized spacial score (nSPS) is 12.4. The minimum atomic E-state index is -0.116. The topological polar surface area (TPSA) is 95.7 Å². The van der Waals surface area contributed by atoms with Crippen LogP contribution in [0.2, 0.25) is 0 Å². The van der Waals surface area contributed by atoms with Crippen molar-refractivity contribution in [1.29, 1.82) is 0 Å². The molecule has 1 aliphatic heterocycles. The number of fused-ring (bicyclic) bond motifs is 1. The average molecular weight is 337 g/mol. The Morgan fingerprint density at radius 3 is 3.09 bits per heavy atom. The zero-order chi connectivity index (χ0) is 16.1. The predicted molar refractivity (Wildman–Crippen MR) is 81.5 cm³/mol. The zero-order valence-electron chi connectivity index (χ0n) is 12.4. The van der Waals surface area contributed by atoms with E-state index in [-0.39, 0.29) is 18.5 Å². The van der Waals surface area contributed by atoms with Crippen molar-refractivity contribution in [2.75, 3.05) is 32.8 Å². The van der Waals surface area contributed by atoms with Crippen molar-refractivity contribution < 1.29 is 23.4 Å². The molecule has 3 rings (SSSR count). The Morgan fingerprint density at radius 2 is 2.22 bits per heavy atom. The molecule has 0 bridgehead atoms. The number of benzene rings is 1. The fourth-order valence-corrected chi connectivity index (χ4v) is 2.48. The number of carbonyl (C=O) groups excluding carboxylic acids is 1. The van der Waals surface area contributed by atoms with Crippen molar-refractivity contribution in [3.63, 3.8) is 0 Å². The third kappa shape index (κ3) is 3.93. The smallest absolute Gasteiger partial charge is 0.277 e. The highest BCUT2D eigenvalue weighted by Crippen LogP contribution is 2.35. The number of thioether (sulfide) groups is 1. The summed E-state index contributed by atoms with van der Waals surface area (Å²) >= 11 is 1.18. The maximum atomic E-state index is 11.6. The number of ether oxygens (including phenoxy) is 3. The van der Waals surface area contributed by atoms with Gasteiger partial charge < -0.3 is 23.9 Å². The van der Waals surface area contributed by atoms with Crippen molar-refractivity contribution >= 4 is 17.7 Å². The number of nitrogens with one attached hydrogen (secondary N) is 1. The molecule has 0 saturated heterocycles. The first-order valence-corrected chi connectivity index (χ1v) is 7.87. The van der Waals surface area contributed by atoms with Crippen LogP contribution in [0, 0.1) is 0 Å². The molecule has 0 fully saturated rings. The molecule has 8 nitrogen and oxygen atoms in total. The van der Waals surface area contributed by atoms with Gasteiger partial charge in [0, 0.05) is 19.2 Å². The van der Waals surface area contributed by atoms with Gasteiger partial charge in [-0.1, -0.05) is 11.8 Å². The third-order valence-electron chi connectivity index (χ3n) is 2.98. The molecule has 0 saturated carbocycles. The highest BCUT2D eigenvalue weighted by atomic mass is 32.2. The molecule has 9 heteroatoms. The van der Waals surface area contributed by atoms with Crippen LogP contribution in [-0.2, 0) is 9.53 Å². The lowest BCUT2D eigenvalue weighted by Gasteiger charge is -2.02. The number of nitrogens with zero attached hydrogens (tertiary/aromatic N) is 2. The van der Waals surface area contributed by atoms with Crippen LogP contribution in [-0.4, -0.2) is 48.9 Å². The summed E-state index contributed by atoms with van der Waals surface area (Å²) < 4.78 is 21.0. The first-order valence-electron chi connectivity index (χ1n) is 6.88. The van der Waals surface area contributed by atoms with Gasteiger partial charge in [0.25, 0.3) is 5.22 Å². The maximum Gasteiger partial charge on any atom is 0.277 e. The van der Waals surface area contributed by atoms with Crippen molar-refractivity contribution in [1.82, 2.24) is 15.5 Å². The van der Waals surface area contributed by atoms with E-state index in [1.54, 1.807) is 19.2 Å². The van der Waals surface area contributed by atoms with Gasteiger partial charge in [0.2, 0.25) is 18.6 Å². The number of rotatable bonds is 7. The summed E-state index contributed by atoms with van der Waals surface area (Å²) in [5, 5.41) is 11.0. The van der Waals surface area contributed by atoms with Gasteiger partial charge in [0.05, 0.1) is 12.4 Å². The molecular weight excluding hydrogens is 322 g/mol. The Hall–Kier alpha value is -2.26. The summed E-state index contributed by atoms with van der Waals surface area (Å²) in [5.41, 5.74) is 0.734. The van der Waals surface area contributed by atoms with Crippen LogP contribution in [0.1, 0.15) is 0 Å². The van der Waals surface area contributed by atoms with Gasteiger partial charge in [-0.25, -0.2) is 0 Å². The molecule has 1 N–H and O–H groups in total. The number of methoxy groups -OCH3 is 1. The molecule has 0 unspecified atom stereocenters. The van der Waals surface area contributed by atoms with E-state index in [0.717, 1.165) is 5.56 Å². The Bertz CT molecular complexity index is 691. The van der Waals surface area contributed by atoms with Gasteiger partial charge in [-0.15, -0.1) is 10.2 Å². The van der Waals surface area contributed by atoms with Gasteiger partial charge in [-0.3, -0.25) is 4.79 Å². The SMILES string of the molecule is COCCNC(=O)CSc1nnc(-c2ccc3c(c2)OCO3)o1. The van der Waals surface area contributed by atoms with Gasteiger partial charge in [-0.05, 0) is 18.2 Å². The number of hydrogen-bond donors (Lipinski definition) is 1. The zero-order valence-corrected chi connectivity index (χ0v) is 13.2. The average Bonchev–Trinajstić information content (AvgIpc) is 3.21. The van der Waals surface area contributed by atoms with Gasteiger partial charge in [0.1, 0.15) is 0 Å². The molecule has 0 aliphatic carbocycles. The summed E-state index contributed by atoms with van der Waals surface area (Å²) in [6, 6.07) is 5.38. The Balaban J connectivity index is 1.57. The lowest BCUT2D eigenvalue weighted by atomic mass is 10.2. The molecule has 0 spiro atoms. The molecule has 1 aliphatic rings. The van der Waals surface area contributed by atoms with E-state index in [9.17, 15) is 4.79 Å². The third-order valence-corrected chi connectivity index (χ3v) is 3.80. The van der Waals surface area contributed by atoms with Crippen molar-refractivity contribution in [3.8, 4) is 23.0 Å². The molecule has 1 amide bonds. The van der Waals surface area contributed by atoms with Crippen LogP contribution in [0.5, 0.6) is 11.5 Å². The largest absolute Gasteiger partial charge is 0.454 e. The van der Waals surface area contributed by atoms with E-state index in [0.29, 0.717) is 35.8 Å². The van der Waals surface area contributed by atoms with E-state index < -0.39 is 0 Å². The second kappa shape index (κ2) is 7.34. The summed E-state index contributed by atoms with van der Waals surface area (Å²) in [6.07, 6.45) is 0. The van der Waals surface area contributed by atoms with Crippen LogP contribution in [0.3, 0.4) is 0 Å². The molecular formula is C14H15N3O5S. The van der Waals surface area contributed by atoms with Crippen LogP contribution < -0.4 is 14.8 Å². The van der Waals surface area contributed by atoms with E-state index in [4.69, 9.17) is 18.6 Å². The molecule has 1 aromatic carbocycles. The molecule has 0 atom stereocenters. The fourth-order valence-electron chi connectivity index (χ4n) is 1.89. The first kappa shape index (κ1) is 15.6. The van der Waals surface area contributed by atoms with Gasteiger partial charge in [0.15, 0.2) is 11.5 Å². The Morgan fingerprint density at radius 1 is 1.35 bits per heavy atom. The van der Waals surface area contributed by atoms with Crippen LogP contribution >= 0.6 is 11.8 Å². The maximum absolute atomic E-state index is 11.6. The van der Waals surface area contributed by atoms with Crippen molar-refractivity contribution in [2.24, 2.45) is 0 Å². The molecule has 1 aromatic heterocycles. The van der Waals surface area contributed by atoms with Crippen molar-refractivity contribution in [3.05, 3.63) is 18.2 Å². The second-order valence-corrected chi connectivity index (χ2v) is 5.50. The number of amides is 1. The van der Waals surface area contributed by atoms with Gasteiger partial charge >= 0.3 is 0 Å². The first-order chi connectivity index (χ1) is 11.3. The summed E-state index contributed by atoms with van der Waals surface area (Å²) in [4.78, 5) is 11.6. The monoisotopic (exact) mass is 337 g/mol. The second-order valence-electron chi connectivity index (χ2n) is 4.57. The molecule has 2 aromatic rings. The lowest BCUT2D eigenvalue weighted by Crippen LogP contribution is -2.28. The molecule has 23 heavy (non-hydrogen) atoms. The Kier molecular flexibility index (Phi) is 4.99. The van der Waals surface area contributed by atoms with E-state index >= 15 is 0 Å². The van der Waals surface area contributed by atoms with E-state index in [1.807, 2.05) is 6.07 Å². The van der Waals surface area contributed by atoms with Crippen LogP contribution in [0.4, 0.5) is 0 Å². The summed E-state index contributed by atoms with van der Waals surface area (Å²) in [7, 11) is 1.58. The number of aromatic nitrogens is 2. The van der Waals surface area contributed by atoms with E-state index in [2.05, 4.69) is 15.5 Å². The highest BCUT2D eigenvalue weighted by molar-refractivity contribution is 7.99. The van der Waals surface area contributed by atoms with Crippen LogP contribution in [0.25, 0.3) is 11.5 Å². The fraction of sp³-hybridized carbons (Fsp3) is 0.357. The minimum Gasteiger partial charge on any atom is -0.454 e. The number of hydrogen-bond acceptors (Lipinski definition) is 8. The number of carbonyl (C=O) groups is 1. The molecule has 0 radical (unpaired) electrons. The van der Waals surface area contributed by atoms with Crippen LogP contribution in [0.15, 0.2) is 27.8 Å². The molecule has 122 valence electrons. The summed E-state index contributed by atoms with van der Waals surface area (Å²) in [6.45, 7) is 1.16. The van der Waals surface area contributed by atoms with Gasteiger partial charge in [-0.2, -0.15) is 0 Å². The highest BCUT2D eigenvalue weighted by Gasteiger charge is 2.17. The predicted octanol–water partition coefficient (Wildman–Crippen LogP) is 1.32. The Labute approximate surface area is 136 Å². The van der Waals surface area contributed by atoms with Crippen molar-refractivity contribution in [2.45, 2.75) is 5.22 Å².